The van der Waals surface area contributed by atoms with E-state index in [2.05, 4.69) is 5.32 Å². The largest absolute Gasteiger partial charge is 0.494 e. The number of benzene rings is 2. The highest BCUT2D eigenvalue weighted by atomic mass is 32.2. The molecule has 2 aromatic rings. The third-order valence-corrected chi connectivity index (χ3v) is 6.66. The first-order chi connectivity index (χ1) is 14.6. The molecular formula is C23H33N3O4S. The van der Waals surface area contributed by atoms with Crippen molar-refractivity contribution in [1.82, 2.24) is 9.62 Å². The Bertz CT molecular complexity index is 973. The van der Waals surface area contributed by atoms with Gasteiger partial charge in [-0.1, -0.05) is 24.3 Å². The van der Waals surface area contributed by atoms with E-state index in [0.717, 1.165) is 43.9 Å². The van der Waals surface area contributed by atoms with Crippen molar-refractivity contribution in [2.45, 2.75) is 33.6 Å². The predicted molar refractivity (Wildman–Crippen MR) is 125 cm³/mol. The van der Waals surface area contributed by atoms with Gasteiger partial charge < -0.3 is 10.1 Å². The minimum atomic E-state index is -3.81. The van der Waals surface area contributed by atoms with Crippen LogP contribution in [0.1, 0.15) is 30.0 Å². The average Bonchev–Trinajstić information content (AvgIpc) is 2.72. The van der Waals surface area contributed by atoms with Crippen molar-refractivity contribution >= 4 is 21.8 Å². The van der Waals surface area contributed by atoms with Crippen LogP contribution in [-0.2, 0) is 21.4 Å². The zero-order valence-electron chi connectivity index (χ0n) is 19.0. The van der Waals surface area contributed by atoms with Gasteiger partial charge in [0.05, 0.1) is 12.3 Å². The van der Waals surface area contributed by atoms with Crippen LogP contribution in [0.2, 0.25) is 0 Å². The van der Waals surface area contributed by atoms with E-state index < -0.39 is 10.2 Å². The second kappa shape index (κ2) is 11.2. The molecule has 0 aliphatic carbocycles. The van der Waals surface area contributed by atoms with E-state index in [-0.39, 0.29) is 12.5 Å². The summed E-state index contributed by atoms with van der Waals surface area (Å²) in [6, 6.07) is 13.5. The number of amides is 1. The topological polar surface area (TPSA) is 79.0 Å². The zero-order chi connectivity index (χ0) is 23.0. The van der Waals surface area contributed by atoms with E-state index >= 15 is 0 Å². The Morgan fingerprint density at radius 2 is 1.74 bits per heavy atom. The lowest BCUT2D eigenvalue weighted by Crippen LogP contribution is -2.46. The van der Waals surface area contributed by atoms with Crippen LogP contribution in [0.5, 0.6) is 5.75 Å². The molecular weight excluding hydrogens is 414 g/mol. The maximum absolute atomic E-state index is 12.9. The number of ether oxygens (including phenoxy) is 1. The molecule has 0 aliphatic rings. The molecule has 0 aliphatic heterocycles. The molecule has 0 unspecified atom stereocenters. The van der Waals surface area contributed by atoms with Crippen LogP contribution in [0.15, 0.2) is 42.5 Å². The maximum Gasteiger partial charge on any atom is 0.304 e. The summed E-state index contributed by atoms with van der Waals surface area (Å²) in [5, 5.41) is 2.84. The summed E-state index contributed by atoms with van der Waals surface area (Å²) in [7, 11) is -0.894. The molecule has 1 N–H and O–H groups in total. The Morgan fingerprint density at radius 1 is 1.06 bits per heavy atom. The van der Waals surface area contributed by atoms with Gasteiger partial charge in [-0.25, -0.2) is 4.31 Å². The maximum atomic E-state index is 12.9. The van der Waals surface area contributed by atoms with Crippen LogP contribution >= 0.6 is 0 Å². The second-order valence-electron chi connectivity index (χ2n) is 7.62. The van der Waals surface area contributed by atoms with Crippen LogP contribution in [-0.4, -0.2) is 52.4 Å². The van der Waals surface area contributed by atoms with Gasteiger partial charge in [0.2, 0.25) is 5.91 Å². The number of nitrogens with one attached hydrogen (secondary N) is 1. The number of hydrogen-bond acceptors (Lipinski definition) is 4. The smallest absolute Gasteiger partial charge is 0.304 e. The molecule has 1 amide bonds. The lowest BCUT2D eigenvalue weighted by molar-refractivity contribution is -0.119. The number of carbonyl (C=O) groups is 1. The molecule has 0 aromatic heterocycles. The Balaban J connectivity index is 1.98. The van der Waals surface area contributed by atoms with E-state index in [0.29, 0.717) is 18.8 Å². The average molecular weight is 448 g/mol. The van der Waals surface area contributed by atoms with Crippen molar-refractivity contribution in [2.24, 2.45) is 0 Å². The van der Waals surface area contributed by atoms with Crippen molar-refractivity contribution < 1.29 is 17.9 Å². The molecule has 0 fully saturated rings. The fourth-order valence-electron chi connectivity index (χ4n) is 3.10. The highest BCUT2D eigenvalue weighted by Crippen LogP contribution is 2.25. The molecule has 170 valence electrons. The third kappa shape index (κ3) is 6.97. The summed E-state index contributed by atoms with van der Waals surface area (Å²) in [5.74, 6) is 0.506. The summed E-state index contributed by atoms with van der Waals surface area (Å²) in [4.78, 5) is 12.6. The number of aryl methyl sites for hydroxylation is 3. The quantitative estimate of drug-likeness (QED) is 0.537. The van der Waals surface area contributed by atoms with E-state index in [4.69, 9.17) is 4.74 Å². The number of rotatable bonds is 11. The van der Waals surface area contributed by atoms with Crippen molar-refractivity contribution in [3.8, 4) is 5.75 Å². The van der Waals surface area contributed by atoms with Crippen LogP contribution in [0, 0.1) is 13.8 Å². The highest BCUT2D eigenvalue weighted by molar-refractivity contribution is 7.90. The first-order valence-corrected chi connectivity index (χ1v) is 11.8. The zero-order valence-corrected chi connectivity index (χ0v) is 19.8. The summed E-state index contributed by atoms with van der Waals surface area (Å²) < 4.78 is 33.5. The van der Waals surface area contributed by atoms with Gasteiger partial charge >= 0.3 is 10.2 Å². The molecule has 0 saturated heterocycles. The first-order valence-electron chi connectivity index (χ1n) is 10.4. The molecule has 0 saturated carbocycles. The molecule has 0 heterocycles. The minimum absolute atomic E-state index is 0.270. The summed E-state index contributed by atoms with van der Waals surface area (Å²) in [6.07, 6.45) is 1.56. The van der Waals surface area contributed by atoms with Crippen LogP contribution in [0.3, 0.4) is 0 Å². The predicted octanol–water partition coefficient (Wildman–Crippen LogP) is 3.06. The van der Waals surface area contributed by atoms with Gasteiger partial charge in [0.1, 0.15) is 12.3 Å². The molecule has 0 spiro atoms. The molecule has 2 rings (SSSR count). The van der Waals surface area contributed by atoms with E-state index in [1.54, 1.807) is 6.07 Å². The van der Waals surface area contributed by atoms with Crippen LogP contribution < -0.4 is 14.4 Å². The highest BCUT2D eigenvalue weighted by Gasteiger charge is 2.28. The van der Waals surface area contributed by atoms with Gasteiger partial charge in [0, 0.05) is 20.6 Å². The SMILES string of the molecule is CCOc1ccc(CCCNC(=O)CN(c2cc(C)ccc2C)S(=O)(=O)N(C)C)cc1. The van der Waals surface area contributed by atoms with E-state index in [1.807, 2.05) is 57.2 Å². The number of hydrogen-bond donors (Lipinski definition) is 1. The van der Waals surface area contributed by atoms with E-state index in [1.165, 1.54) is 14.1 Å². The standard InChI is InChI=1S/C23H33N3O4S/c1-6-30-21-13-11-20(12-14-21)8-7-15-24-23(27)17-26(31(28,29)25(4)5)22-16-18(2)9-10-19(22)3/h9-14,16H,6-8,15,17H2,1-5H3,(H,24,27). The Hall–Kier alpha value is -2.58. The minimum Gasteiger partial charge on any atom is -0.494 e. The van der Waals surface area contributed by atoms with Crippen molar-refractivity contribution in [2.75, 3.05) is 38.1 Å². The van der Waals surface area contributed by atoms with Gasteiger partial charge in [-0.2, -0.15) is 12.7 Å². The van der Waals surface area contributed by atoms with Crippen molar-refractivity contribution in [1.29, 1.82) is 0 Å². The molecule has 0 atom stereocenters. The first kappa shape index (κ1) is 24.7. The number of nitrogens with zero attached hydrogens (tertiary/aromatic N) is 2. The Labute approximate surface area is 186 Å². The van der Waals surface area contributed by atoms with E-state index in [9.17, 15) is 13.2 Å². The summed E-state index contributed by atoms with van der Waals surface area (Å²) in [5.41, 5.74) is 3.39. The lowest BCUT2D eigenvalue weighted by atomic mass is 10.1. The van der Waals surface area contributed by atoms with Gasteiger partial charge in [0.25, 0.3) is 0 Å². The molecule has 31 heavy (non-hydrogen) atoms. The third-order valence-electron chi connectivity index (χ3n) is 4.86. The second-order valence-corrected chi connectivity index (χ2v) is 9.68. The number of carbonyl (C=O) groups excluding carboxylic acids is 1. The van der Waals surface area contributed by atoms with Gasteiger partial charge in [-0.15, -0.1) is 0 Å². The Morgan fingerprint density at radius 3 is 2.35 bits per heavy atom. The van der Waals surface area contributed by atoms with Crippen LogP contribution in [0.25, 0.3) is 0 Å². The summed E-state index contributed by atoms with van der Waals surface area (Å²) >= 11 is 0. The van der Waals surface area contributed by atoms with Gasteiger partial charge in [-0.3, -0.25) is 4.79 Å². The number of anilines is 1. The molecule has 0 radical (unpaired) electrons. The fraction of sp³-hybridized carbons (Fsp3) is 0.435. The Kier molecular flexibility index (Phi) is 8.88. The van der Waals surface area contributed by atoms with Crippen LogP contribution in [0.4, 0.5) is 5.69 Å². The normalized spacial score (nSPS) is 11.4. The monoisotopic (exact) mass is 447 g/mol. The fourth-order valence-corrected chi connectivity index (χ4v) is 4.22. The van der Waals surface area contributed by atoms with Crippen molar-refractivity contribution in [3.05, 3.63) is 59.2 Å². The van der Waals surface area contributed by atoms with Crippen molar-refractivity contribution in [3.63, 3.8) is 0 Å². The lowest BCUT2D eigenvalue weighted by Gasteiger charge is -2.28. The molecule has 0 bridgehead atoms. The molecule has 8 heteroatoms. The molecule has 7 nitrogen and oxygen atoms in total. The van der Waals surface area contributed by atoms with Gasteiger partial charge in [0.15, 0.2) is 0 Å². The molecule has 2 aromatic carbocycles. The summed E-state index contributed by atoms with van der Waals surface area (Å²) in [6.45, 7) is 6.50. The van der Waals surface area contributed by atoms with Gasteiger partial charge in [-0.05, 0) is 68.5 Å².